The Hall–Kier alpha value is -3.08. The van der Waals surface area contributed by atoms with E-state index >= 15 is 0 Å². The van der Waals surface area contributed by atoms with Gasteiger partial charge in [-0.2, -0.15) is 5.10 Å². The van der Waals surface area contributed by atoms with Gasteiger partial charge in [0.1, 0.15) is 11.4 Å². The highest BCUT2D eigenvalue weighted by Crippen LogP contribution is 2.22. The number of hydrogen-bond donors (Lipinski definition) is 2. The van der Waals surface area contributed by atoms with Gasteiger partial charge >= 0.3 is 0 Å². The summed E-state index contributed by atoms with van der Waals surface area (Å²) in [7, 11) is 0. The van der Waals surface area contributed by atoms with Gasteiger partial charge in [0, 0.05) is 10.9 Å². The number of benzene rings is 2. The van der Waals surface area contributed by atoms with Gasteiger partial charge in [-0.3, -0.25) is 4.79 Å². The zero-order chi connectivity index (χ0) is 19.2. The summed E-state index contributed by atoms with van der Waals surface area (Å²) in [5, 5.41) is 5.12. The lowest BCUT2D eigenvalue weighted by Crippen LogP contribution is -2.18. The molecule has 0 atom stereocenters. The highest BCUT2D eigenvalue weighted by Gasteiger charge is 2.14. The summed E-state index contributed by atoms with van der Waals surface area (Å²) >= 11 is 0. The minimum Gasteiger partial charge on any atom is -0.494 e. The Labute approximate surface area is 159 Å². The second-order valence-electron chi connectivity index (χ2n) is 6.64. The van der Waals surface area contributed by atoms with Gasteiger partial charge in [0.25, 0.3) is 5.91 Å². The summed E-state index contributed by atoms with van der Waals surface area (Å²) in [6.45, 7) is 6.84. The Morgan fingerprint density at radius 3 is 2.70 bits per heavy atom. The molecule has 5 heteroatoms. The fraction of sp³-hybridized carbons (Fsp3) is 0.273. The molecule has 0 aliphatic heterocycles. The molecule has 0 fully saturated rings. The molecule has 1 amide bonds. The van der Waals surface area contributed by atoms with E-state index in [0.717, 1.165) is 52.8 Å². The fourth-order valence-electron chi connectivity index (χ4n) is 2.87. The number of aryl methyl sites for hydroxylation is 2. The van der Waals surface area contributed by atoms with Crippen molar-refractivity contribution in [3.05, 3.63) is 64.8 Å². The summed E-state index contributed by atoms with van der Waals surface area (Å²) in [5.74, 6) is 0.589. The number of carbonyl (C=O) groups excluding carboxylic acids is 1. The van der Waals surface area contributed by atoms with Gasteiger partial charge in [-0.25, -0.2) is 5.43 Å². The smallest absolute Gasteiger partial charge is 0.288 e. The SMILES string of the molecule is CCCCOc1ccc(/C=N\NC(=O)c2[nH]c3ccc(C)cc3c2C)cc1. The standard InChI is InChI=1S/C22H25N3O2/c1-4-5-12-27-18-9-7-17(8-10-18)14-23-25-22(26)21-16(3)19-13-15(2)6-11-20(19)24-21/h6-11,13-14,24H,4-5,12H2,1-3H3,(H,25,26)/b23-14-. The molecule has 0 saturated carbocycles. The van der Waals surface area contributed by atoms with Gasteiger partial charge in [0.05, 0.1) is 12.8 Å². The molecule has 2 N–H and O–H groups in total. The second kappa shape index (κ2) is 8.54. The van der Waals surface area contributed by atoms with Crippen LogP contribution in [0.15, 0.2) is 47.6 Å². The average molecular weight is 363 g/mol. The number of nitrogens with one attached hydrogen (secondary N) is 2. The average Bonchev–Trinajstić information content (AvgIpc) is 2.99. The maximum atomic E-state index is 12.4. The van der Waals surface area contributed by atoms with Gasteiger partial charge in [-0.1, -0.05) is 25.0 Å². The third-order valence-corrected chi connectivity index (χ3v) is 4.47. The molecule has 0 spiro atoms. The van der Waals surface area contributed by atoms with Gasteiger partial charge in [0.15, 0.2) is 0 Å². The van der Waals surface area contributed by atoms with Crippen LogP contribution >= 0.6 is 0 Å². The number of fused-ring (bicyclic) bond motifs is 1. The van der Waals surface area contributed by atoms with Crippen LogP contribution in [-0.4, -0.2) is 23.7 Å². The number of aromatic nitrogens is 1. The highest BCUT2D eigenvalue weighted by atomic mass is 16.5. The Morgan fingerprint density at radius 2 is 1.96 bits per heavy atom. The molecule has 140 valence electrons. The lowest BCUT2D eigenvalue weighted by atomic mass is 10.1. The molecule has 0 radical (unpaired) electrons. The minimum atomic E-state index is -0.253. The number of amides is 1. The topological polar surface area (TPSA) is 66.5 Å². The molecule has 3 aromatic rings. The van der Waals surface area contributed by atoms with Crippen LogP contribution in [0.2, 0.25) is 0 Å². The van der Waals surface area contributed by atoms with Crippen molar-refractivity contribution in [2.45, 2.75) is 33.6 Å². The first-order valence-electron chi connectivity index (χ1n) is 9.23. The number of unbranched alkanes of at least 4 members (excludes halogenated alkanes) is 1. The van der Waals surface area contributed by atoms with Crippen LogP contribution in [0.3, 0.4) is 0 Å². The van der Waals surface area contributed by atoms with E-state index in [0.29, 0.717) is 5.69 Å². The predicted octanol–water partition coefficient (Wildman–Crippen LogP) is 4.73. The van der Waals surface area contributed by atoms with Crippen LogP contribution in [0.25, 0.3) is 10.9 Å². The second-order valence-corrected chi connectivity index (χ2v) is 6.64. The van der Waals surface area contributed by atoms with E-state index in [1.54, 1.807) is 6.21 Å². The van der Waals surface area contributed by atoms with Crippen LogP contribution < -0.4 is 10.2 Å². The zero-order valence-corrected chi connectivity index (χ0v) is 16.0. The van der Waals surface area contributed by atoms with E-state index < -0.39 is 0 Å². The summed E-state index contributed by atoms with van der Waals surface area (Å²) in [6.07, 6.45) is 3.78. The summed E-state index contributed by atoms with van der Waals surface area (Å²) in [4.78, 5) is 15.6. The van der Waals surface area contributed by atoms with Crippen LogP contribution in [0.1, 0.15) is 46.9 Å². The van der Waals surface area contributed by atoms with Crippen molar-refractivity contribution >= 4 is 23.0 Å². The number of H-pyrrole nitrogens is 1. The Bertz CT molecular complexity index is 956. The van der Waals surface area contributed by atoms with Gasteiger partial charge in [0.2, 0.25) is 0 Å². The largest absolute Gasteiger partial charge is 0.494 e. The van der Waals surface area contributed by atoms with Crippen LogP contribution in [0.5, 0.6) is 5.75 Å². The molecule has 1 aromatic heterocycles. The monoisotopic (exact) mass is 363 g/mol. The first-order chi connectivity index (χ1) is 13.1. The van der Waals surface area contributed by atoms with Crippen molar-refractivity contribution in [1.29, 1.82) is 0 Å². The third-order valence-electron chi connectivity index (χ3n) is 4.47. The Kier molecular flexibility index (Phi) is 5.91. The number of hydrazone groups is 1. The van der Waals surface area contributed by atoms with Gasteiger partial charge < -0.3 is 9.72 Å². The van der Waals surface area contributed by atoms with Crippen LogP contribution in [0.4, 0.5) is 0 Å². The number of hydrogen-bond acceptors (Lipinski definition) is 3. The van der Waals surface area contributed by atoms with Crippen molar-refractivity contribution in [1.82, 2.24) is 10.4 Å². The van der Waals surface area contributed by atoms with Crippen LogP contribution in [0, 0.1) is 13.8 Å². The van der Waals surface area contributed by atoms with Crippen molar-refractivity contribution in [3.63, 3.8) is 0 Å². The molecule has 0 aliphatic carbocycles. The molecule has 0 bridgehead atoms. The molecule has 2 aromatic carbocycles. The number of nitrogens with zero attached hydrogens (tertiary/aromatic N) is 1. The number of ether oxygens (including phenoxy) is 1. The van der Waals surface area contributed by atoms with E-state index in [1.165, 1.54) is 0 Å². The van der Waals surface area contributed by atoms with Crippen molar-refractivity contribution in [2.24, 2.45) is 5.10 Å². The lowest BCUT2D eigenvalue weighted by Gasteiger charge is -2.04. The van der Waals surface area contributed by atoms with E-state index in [4.69, 9.17) is 4.74 Å². The maximum absolute atomic E-state index is 12.4. The van der Waals surface area contributed by atoms with E-state index in [9.17, 15) is 4.79 Å². The normalized spacial score (nSPS) is 11.2. The Balaban J connectivity index is 1.62. The molecule has 1 heterocycles. The van der Waals surface area contributed by atoms with E-state index in [1.807, 2.05) is 50.2 Å². The van der Waals surface area contributed by atoms with Gasteiger partial charge in [-0.15, -0.1) is 0 Å². The number of rotatable bonds is 7. The number of aromatic amines is 1. The first-order valence-corrected chi connectivity index (χ1v) is 9.23. The summed E-state index contributed by atoms with van der Waals surface area (Å²) < 4.78 is 5.63. The third kappa shape index (κ3) is 4.56. The zero-order valence-electron chi connectivity index (χ0n) is 16.0. The van der Waals surface area contributed by atoms with Gasteiger partial charge in [-0.05, 0) is 67.8 Å². The highest BCUT2D eigenvalue weighted by molar-refractivity contribution is 6.01. The van der Waals surface area contributed by atoms with Crippen LogP contribution in [-0.2, 0) is 0 Å². The number of carbonyl (C=O) groups is 1. The molecular weight excluding hydrogens is 338 g/mol. The van der Waals surface area contributed by atoms with Crippen molar-refractivity contribution < 1.29 is 9.53 Å². The lowest BCUT2D eigenvalue weighted by molar-refractivity contribution is 0.0950. The quantitative estimate of drug-likeness (QED) is 0.362. The minimum absolute atomic E-state index is 0.253. The fourth-order valence-corrected chi connectivity index (χ4v) is 2.87. The summed E-state index contributed by atoms with van der Waals surface area (Å²) in [6, 6.07) is 13.7. The predicted molar refractivity (Wildman–Crippen MR) is 110 cm³/mol. The first kappa shape index (κ1) is 18.7. The van der Waals surface area contributed by atoms with E-state index in [2.05, 4.69) is 28.5 Å². The van der Waals surface area contributed by atoms with Crippen molar-refractivity contribution in [3.8, 4) is 5.75 Å². The maximum Gasteiger partial charge on any atom is 0.288 e. The molecular formula is C22H25N3O2. The van der Waals surface area contributed by atoms with E-state index in [-0.39, 0.29) is 5.91 Å². The summed E-state index contributed by atoms with van der Waals surface area (Å²) in [5.41, 5.74) is 7.05. The van der Waals surface area contributed by atoms with Crippen molar-refractivity contribution in [2.75, 3.05) is 6.61 Å². The molecule has 0 saturated heterocycles. The Morgan fingerprint density at radius 1 is 1.19 bits per heavy atom. The molecule has 5 nitrogen and oxygen atoms in total. The molecule has 0 aliphatic rings. The molecule has 27 heavy (non-hydrogen) atoms. The molecule has 3 rings (SSSR count). The molecule has 0 unspecified atom stereocenters.